The molecule has 0 bridgehead atoms. The fourth-order valence-electron chi connectivity index (χ4n) is 2.83. The van der Waals surface area contributed by atoms with Crippen LogP contribution in [0.25, 0.3) is 0 Å². The maximum Gasteiger partial charge on any atom is 0.243 e. The number of aryl methyl sites for hydroxylation is 2. The molecular formula is C14H21FN2O3S. The van der Waals surface area contributed by atoms with E-state index in [1.54, 1.807) is 13.8 Å². The number of hydrogen-bond donors (Lipinski definition) is 2. The summed E-state index contributed by atoms with van der Waals surface area (Å²) in [5.41, 5.74) is -0.310. The largest absolute Gasteiger partial charge is 0.387 e. The lowest BCUT2D eigenvalue weighted by Crippen LogP contribution is -2.45. The van der Waals surface area contributed by atoms with Crippen LogP contribution in [0.2, 0.25) is 0 Å². The average molecular weight is 316 g/mol. The average Bonchev–Trinajstić information content (AvgIpc) is 2.73. The van der Waals surface area contributed by atoms with Crippen molar-refractivity contribution in [3.05, 3.63) is 29.1 Å². The molecule has 1 saturated heterocycles. The van der Waals surface area contributed by atoms with Gasteiger partial charge in [-0.3, -0.25) is 0 Å². The minimum absolute atomic E-state index is 0.0125. The summed E-state index contributed by atoms with van der Waals surface area (Å²) in [4.78, 5) is 0.112. The third-order valence-corrected chi connectivity index (χ3v) is 5.94. The fourth-order valence-corrected chi connectivity index (χ4v) is 4.48. The zero-order chi connectivity index (χ0) is 15.8. The Morgan fingerprint density at radius 3 is 2.43 bits per heavy atom. The Hall–Kier alpha value is -1.02. The second-order valence-corrected chi connectivity index (χ2v) is 7.76. The topological polar surface area (TPSA) is 69.6 Å². The molecule has 21 heavy (non-hydrogen) atoms. The van der Waals surface area contributed by atoms with Crippen molar-refractivity contribution in [1.82, 2.24) is 9.62 Å². The molecule has 0 saturated carbocycles. The Balaban J connectivity index is 2.34. The van der Waals surface area contributed by atoms with E-state index in [0.29, 0.717) is 30.6 Å². The molecule has 0 amide bonds. The predicted octanol–water partition coefficient (Wildman–Crippen LogP) is 0.787. The molecule has 1 aromatic rings. The number of likely N-dealkylation sites (N-methyl/N-ethyl adjacent to an activating group) is 1. The van der Waals surface area contributed by atoms with Gasteiger partial charge in [0.15, 0.2) is 0 Å². The second kappa shape index (κ2) is 5.64. The molecule has 2 rings (SSSR count). The highest BCUT2D eigenvalue weighted by Crippen LogP contribution is 2.26. The molecule has 118 valence electrons. The molecule has 1 aliphatic heterocycles. The number of aliphatic hydroxyl groups is 1. The van der Waals surface area contributed by atoms with Crippen molar-refractivity contribution in [3.63, 3.8) is 0 Å². The smallest absolute Gasteiger partial charge is 0.243 e. The molecule has 1 fully saturated rings. The van der Waals surface area contributed by atoms with E-state index in [-0.39, 0.29) is 11.4 Å². The number of sulfonamides is 1. The van der Waals surface area contributed by atoms with Gasteiger partial charge < -0.3 is 10.4 Å². The first-order valence-electron chi connectivity index (χ1n) is 6.82. The van der Waals surface area contributed by atoms with Crippen molar-refractivity contribution >= 4 is 10.0 Å². The lowest BCUT2D eigenvalue weighted by atomic mass is 10.0. The number of β-amino-alcohol motifs (C(OH)–C–C–N with tert-alkyl or cyclic N) is 1. The normalized spacial score (nSPS) is 23.0. The van der Waals surface area contributed by atoms with Gasteiger partial charge in [0.1, 0.15) is 5.82 Å². The lowest BCUT2D eigenvalue weighted by Gasteiger charge is -2.28. The number of nitrogens with one attached hydrogen (secondary N) is 1. The van der Waals surface area contributed by atoms with Crippen LogP contribution in [-0.4, -0.2) is 50.1 Å². The van der Waals surface area contributed by atoms with Gasteiger partial charge in [-0.2, -0.15) is 4.31 Å². The molecular weight excluding hydrogens is 295 g/mol. The van der Waals surface area contributed by atoms with E-state index >= 15 is 0 Å². The molecule has 1 unspecified atom stereocenters. The number of halogens is 1. The van der Waals surface area contributed by atoms with Crippen molar-refractivity contribution in [2.75, 3.05) is 26.7 Å². The van der Waals surface area contributed by atoms with Gasteiger partial charge in [-0.15, -0.1) is 0 Å². The van der Waals surface area contributed by atoms with Gasteiger partial charge in [-0.1, -0.05) is 0 Å². The summed E-state index contributed by atoms with van der Waals surface area (Å²) in [5, 5.41) is 13.3. The minimum Gasteiger partial charge on any atom is -0.387 e. The van der Waals surface area contributed by atoms with Crippen LogP contribution in [0.15, 0.2) is 17.0 Å². The molecule has 7 heteroatoms. The van der Waals surface area contributed by atoms with Crippen LogP contribution in [-0.2, 0) is 10.0 Å². The summed E-state index contributed by atoms with van der Waals surface area (Å²) >= 11 is 0. The van der Waals surface area contributed by atoms with Crippen LogP contribution in [0.5, 0.6) is 0 Å². The summed E-state index contributed by atoms with van der Waals surface area (Å²) in [6, 6.07) is 2.42. The lowest BCUT2D eigenvalue weighted by molar-refractivity contribution is 0.0462. The van der Waals surface area contributed by atoms with E-state index in [4.69, 9.17) is 0 Å². The van der Waals surface area contributed by atoms with E-state index in [1.165, 1.54) is 19.2 Å². The summed E-state index contributed by atoms with van der Waals surface area (Å²) in [5.74, 6) is -0.453. The monoisotopic (exact) mass is 316 g/mol. The minimum atomic E-state index is -3.76. The zero-order valence-corrected chi connectivity index (χ0v) is 13.3. The maximum atomic E-state index is 13.3. The van der Waals surface area contributed by atoms with Gasteiger partial charge in [0, 0.05) is 20.1 Å². The molecule has 0 radical (unpaired) electrons. The van der Waals surface area contributed by atoms with E-state index < -0.39 is 21.4 Å². The first kappa shape index (κ1) is 16.4. The van der Waals surface area contributed by atoms with Gasteiger partial charge in [0.2, 0.25) is 10.0 Å². The second-order valence-electron chi connectivity index (χ2n) is 5.78. The van der Waals surface area contributed by atoms with E-state index in [9.17, 15) is 17.9 Å². The predicted molar refractivity (Wildman–Crippen MR) is 78.1 cm³/mol. The first-order chi connectivity index (χ1) is 9.66. The highest BCUT2D eigenvalue weighted by Gasteiger charge is 2.36. The maximum absolute atomic E-state index is 13.3. The highest BCUT2D eigenvalue weighted by molar-refractivity contribution is 7.89. The number of nitrogens with zero attached hydrogens (tertiary/aromatic N) is 1. The SMILES string of the molecule is Cc1cc(F)cc(C)c1S(=O)(=O)N(C)CC1(O)CCNC1. The van der Waals surface area contributed by atoms with Crippen LogP contribution in [0, 0.1) is 19.7 Å². The molecule has 1 aliphatic rings. The van der Waals surface area contributed by atoms with Crippen LogP contribution >= 0.6 is 0 Å². The van der Waals surface area contributed by atoms with Crippen LogP contribution in [0.1, 0.15) is 17.5 Å². The molecule has 1 heterocycles. The van der Waals surface area contributed by atoms with Crippen molar-refractivity contribution in [2.24, 2.45) is 0 Å². The van der Waals surface area contributed by atoms with Crippen LogP contribution in [0.3, 0.4) is 0 Å². The van der Waals surface area contributed by atoms with E-state index in [0.717, 1.165) is 4.31 Å². The number of hydrogen-bond acceptors (Lipinski definition) is 4. The van der Waals surface area contributed by atoms with Crippen molar-refractivity contribution in [2.45, 2.75) is 30.8 Å². The Morgan fingerprint density at radius 2 is 1.95 bits per heavy atom. The van der Waals surface area contributed by atoms with Crippen LogP contribution < -0.4 is 5.32 Å². The Morgan fingerprint density at radius 1 is 1.38 bits per heavy atom. The van der Waals surface area contributed by atoms with E-state index in [2.05, 4.69) is 5.32 Å². The van der Waals surface area contributed by atoms with Gasteiger partial charge in [0.25, 0.3) is 0 Å². The molecule has 0 aliphatic carbocycles. The third-order valence-electron chi connectivity index (χ3n) is 3.83. The first-order valence-corrected chi connectivity index (χ1v) is 8.26. The number of rotatable bonds is 4. The molecule has 0 aromatic heterocycles. The molecule has 0 spiro atoms. The summed E-state index contributed by atoms with van der Waals surface area (Å²) in [6.45, 7) is 4.19. The standard InChI is InChI=1S/C14H21FN2O3S/c1-10-6-12(15)7-11(2)13(10)21(19,20)17(3)9-14(18)4-5-16-8-14/h6-7,16,18H,4-5,8-9H2,1-3H3. The quantitative estimate of drug-likeness (QED) is 0.861. The van der Waals surface area contributed by atoms with Crippen molar-refractivity contribution < 1.29 is 17.9 Å². The third kappa shape index (κ3) is 3.26. The van der Waals surface area contributed by atoms with Gasteiger partial charge >= 0.3 is 0 Å². The van der Waals surface area contributed by atoms with Crippen LogP contribution in [0.4, 0.5) is 4.39 Å². The molecule has 1 atom stereocenters. The van der Waals surface area contributed by atoms with Crippen molar-refractivity contribution in [3.8, 4) is 0 Å². The van der Waals surface area contributed by atoms with Gasteiger partial charge in [0.05, 0.1) is 10.5 Å². The summed E-state index contributed by atoms with van der Waals surface area (Å²) in [6.07, 6.45) is 0.508. The summed E-state index contributed by atoms with van der Waals surface area (Å²) < 4.78 is 39.8. The highest BCUT2D eigenvalue weighted by atomic mass is 32.2. The van der Waals surface area contributed by atoms with E-state index in [1.807, 2.05) is 0 Å². The number of benzene rings is 1. The molecule has 5 nitrogen and oxygen atoms in total. The fraction of sp³-hybridized carbons (Fsp3) is 0.571. The molecule has 1 aromatic carbocycles. The molecule has 2 N–H and O–H groups in total. The summed E-state index contributed by atoms with van der Waals surface area (Å²) in [7, 11) is -2.33. The Labute approximate surface area is 124 Å². The van der Waals surface area contributed by atoms with Gasteiger partial charge in [-0.05, 0) is 50.1 Å². The Bertz CT molecular complexity index is 617. The Kier molecular flexibility index (Phi) is 4.39. The van der Waals surface area contributed by atoms with Crippen molar-refractivity contribution in [1.29, 1.82) is 0 Å². The van der Waals surface area contributed by atoms with Gasteiger partial charge in [-0.25, -0.2) is 12.8 Å². The zero-order valence-electron chi connectivity index (χ0n) is 12.5.